The molecule has 0 saturated heterocycles. The summed E-state index contributed by atoms with van der Waals surface area (Å²) in [7, 11) is 0. The van der Waals surface area contributed by atoms with Gasteiger partial charge in [0, 0.05) is 17.3 Å². The van der Waals surface area contributed by atoms with Crippen LogP contribution in [0.5, 0.6) is 0 Å². The van der Waals surface area contributed by atoms with Crippen LogP contribution in [0, 0.1) is 0 Å². The zero-order valence-corrected chi connectivity index (χ0v) is 14.1. The lowest BCUT2D eigenvalue weighted by Gasteiger charge is -2.10. The van der Waals surface area contributed by atoms with E-state index in [0.717, 1.165) is 21.8 Å². The van der Waals surface area contributed by atoms with Gasteiger partial charge in [0.2, 0.25) is 5.95 Å². The van der Waals surface area contributed by atoms with Crippen molar-refractivity contribution in [1.29, 1.82) is 0 Å². The Labute approximate surface area is 150 Å². The van der Waals surface area contributed by atoms with Crippen molar-refractivity contribution in [3.8, 4) is 0 Å². The molecule has 0 aliphatic rings. The van der Waals surface area contributed by atoms with E-state index in [1.54, 1.807) is 0 Å². The molecule has 5 aromatic rings. The summed E-state index contributed by atoms with van der Waals surface area (Å²) in [6, 6.07) is 26.8. The van der Waals surface area contributed by atoms with Crippen LogP contribution in [-0.4, -0.2) is 15.2 Å². The molecule has 1 aromatic heterocycles. The third-order valence-corrected chi connectivity index (χ3v) is 4.63. The van der Waals surface area contributed by atoms with Crippen LogP contribution in [0.3, 0.4) is 0 Å². The van der Waals surface area contributed by atoms with Crippen LogP contribution in [0.4, 0.5) is 5.95 Å². The highest BCUT2D eigenvalue weighted by Crippen LogP contribution is 2.32. The number of hydrogen-bond donors (Lipinski definition) is 1. The van der Waals surface area contributed by atoms with Crippen LogP contribution in [0.15, 0.2) is 78.9 Å². The number of fused-ring (bicyclic) bond motifs is 6. The Morgan fingerprint density at radius 2 is 1.15 bits per heavy atom. The highest BCUT2D eigenvalue weighted by atomic mass is 15.2. The van der Waals surface area contributed by atoms with E-state index in [1.165, 1.54) is 16.3 Å². The van der Waals surface area contributed by atoms with E-state index >= 15 is 0 Å². The summed E-state index contributed by atoms with van der Waals surface area (Å²) >= 11 is 0. The highest BCUT2D eigenvalue weighted by molar-refractivity contribution is 6.22. The van der Waals surface area contributed by atoms with Gasteiger partial charge in [-0.25, -0.2) is 4.98 Å². The lowest BCUT2D eigenvalue weighted by Crippen LogP contribution is -2.05. The number of nitrogens with zero attached hydrogens (tertiary/aromatic N) is 3. The second-order valence-corrected chi connectivity index (χ2v) is 6.26. The third kappa shape index (κ3) is 2.43. The molecule has 0 fully saturated rings. The Bertz CT molecular complexity index is 1200. The minimum atomic E-state index is 0.543. The van der Waals surface area contributed by atoms with Crippen LogP contribution in [-0.2, 0) is 6.54 Å². The summed E-state index contributed by atoms with van der Waals surface area (Å²) in [4.78, 5) is 4.78. The van der Waals surface area contributed by atoms with E-state index in [2.05, 4.69) is 64.0 Å². The van der Waals surface area contributed by atoms with Gasteiger partial charge in [0.1, 0.15) is 11.0 Å². The van der Waals surface area contributed by atoms with E-state index in [1.807, 2.05) is 30.3 Å². The van der Waals surface area contributed by atoms with E-state index < -0.39 is 0 Å². The van der Waals surface area contributed by atoms with Gasteiger partial charge in [-0.3, -0.25) is 0 Å². The van der Waals surface area contributed by atoms with Crippen molar-refractivity contribution in [2.75, 3.05) is 5.32 Å². The Kier molecular flexibility index (Phi) is 3.46. The quantitative estimate of drug-likeness (QED) is 0.474. The van der Waals surface area contributed by atoms with E-state index in [-0.39, 0.29) is 0 Å². The second-order valence-electron chi connectivity index (χ2n) is 6.26. The first-order valence-electron chi connectivity index (χ1n) is 8.62. The minimum Gasteiger partial charge on any atom is -0.349 e. The lowest BCUT2D eigenvalue weighted by molar-refractivity contribution is 0.988. The number of aromatic nitrogens is 3. The fourth-order valence-corrected chi connectivity index (χ4v) is 3.40. The van der Waals surface area contributed by atoms with Crippen LogP contribution in [0.1, 0.15) is 5.56 Å². The van der Waals surface area contributed by atoms with Crippen molar-refractivity contribution in [3.63, 3.8) is 0 Å². The molecule has 0 atom stereocenters. The third-order valence-electron chi connectivity index (χ3n) is 4.63. The fourth-order valence-electron chi connectivity index (χ4n) is 3.40. The van der Waals surface area contributed by atoms with Crippen LogP contribution in [0.25, 0.3) is 32.6 Å². The molecule has 1 N–H and O–H groups in total. The zero-order chi connectivity index (χ0) is 17.3. The van der Waals surface area contributed by atoms with Crippen LogP contribution >= 0.6 is 0 Å². The first-order chi connectivity index (χ1) is 12.9. The Hall–Kier alpha value is -3.53. The van der Waals surface area contributed by atoms with Gasteiger partial charge in [0.15, 0.2) is 0 Å². The molecule has 1 heterocycles. The van der Waals surface area contributed by atoms with Gasteiger partial charge in [-0.05, 0) is 16.3 Å². The van der Waals surface area contributed by atoms with Crippen molar-refractivity contribution in [3.05, 3.63) is 84.4 Å². The van der Waals surface area contributed by atoms with Crippen LogP contribution < -0.4 is 5.32 Å². The molecular weight excluding hydrogens is 320 g/mol. The highest BCUT2D eigenvalue weighted by Gasteiger charge is 2.11. The molecular formula is C22H16N4. The number of anilines is 1. The number of rotatable bonds is 3. The van der Waals surface area contributed by atoms with Gasteiger partial charge in [0.05, 0.1) is 0 Å². The average Bonchev–Trinajstić information content (AvgIpc) is 2.73. The Balaban J connectivity index is 1.68. The van der Waals surface area contributed by atoms with Crippen molar-refractivity contribution in [2.24, 2.45) is 0 Å². The molecule has 0 unspecified atom stereocenters. The maximum atomic E-state index is 4.78. The van der Waals surface area contributed by atoms with Gasteiger partial charge in [0.25, 0.3) is 0 Å². The van der Waals surface area contributed by atoms with Gasteiger partial charge in [-0.2, -0.15) is 0 Å². The van der Waals surface area contributed by atoms with Gasteiger partial charge in [-0.1, -0.05) is 78.9 Å². The summed E-state index contributed by atoms with van der Waals surface area (Å²) in [5.41, 5.74) is 2.90. The zero-order valence-electron chi connectivity index (χ0n) is 14.1. The molecule has 4 nitrogen and oxygen atoms in total. The first-order valence-corrected chi connectivity index (χ1v) is 8.62. The van der Waals surface area contributed by atoms with Gasteiger partial charge >= 0.3 is 0 Å². The largest absolute Gasteiger partial charge is 0.349 e. The van der Waals surface area contributed by atoms with E-state index in [9.17, 15) is 0 Å². The summed E-state index contributed by atoms with van der Waals surface area (Å²) in [6.07, 6.45) is 0. The fraction of sp³-hybridized carbons (Fsp3) is 0.0455. The summed E-state index contributed by atoms with van der Waals surface area (Å²) < 4.78 is 0. The molecule has 0 radical (unpaired) electrons. The number of hydrogen-bond acceptors (Lipinski definition) is 4. The monoisotopic (exact) mass is 336 g/mol. The topological polar surface area (TPSA) is 50.7 Å². The van der Waals surface area contributed by atoms with Crippen molar-refractivity contribution in [2.45, 2.75) is 6.54 Å². The average molecular weight is 336 g/mol. The normalized spacial score (nSPS) is 11.2. The molecule has 0 spiro atoms. The smallest absolute Gasteiger partial charge is 0.243 e. The molecule has 0 saturated carbocycles. The first kappa shape index (κ1) is 14.8. The molecule has 0 aliphatic heterocycles. The summed E-state index contributed by atoms with van der Waals surface area (Å²) in [5, 5.41) is 16.6. The SMILES string of the molecule is c1ccc(CNc2nnc3c4ccccc4c4ccccc4c3n2)cc1. The minimum absolute atomic E-state index is 0.543. The summed E-state index contributed by atoms with van der Waals surface area (Å²) in [5.74, 6) is 0.543. The standard InChI is InChI=1S/C22H16N4/c1-2-8-15(9-3-1)14-23-22-24-20-18-12-6-4-10-16(18)17-11-5-7-13-19(17)21(20)25-26-22/h1-13H,14H2,(H,23,24,26). The maximum absolute atomic E-state index is 4.78. The molecule has 124 valence electrons. The van der Waals surface area contributed by atoms with Gasteiger partial charge < -0.3 is 5.32 Å². The summed E-state index contributed by atoms with van der Waals surface area (Å²) in [6.45, 7) is 0.666. The van der Waals surface area contributed by atoms with Gasteiger partial charge in [-0.15, -0.1) is 10.2 Å². The van der Waals surface area contributed by atoms with Crippen molar-refractivity contribution in [1.82, 2.24) is 15.2 Å². The predicted molar refractivity (Wildman–Crippen MR) is 106 cm³/mol. The number of benzene rings is 4. The van der Waals surface area contributed by atoms with Crippen molar-refractivity contribution >= 4 is 38.5 Å². The van der Waals surface area contributed by atoms with Crippen molar-refractivity contribution < 1.29 is 0 Å². The van der Waals surface area contributed by atoms with Crippen LogP contribution in [0.2, 0.25) is 0 Å². The molecule has 26 heavy (non-hydrogen) atoms. The Morgan fingerprint density at radius 3 is 1.85 bits per heavy atom. The lowest BCUT2D eigenvalue weighted by atomic mass is 10.00. The molecule has 0 amide bonds. The molecule has 0 aliphatic carbocycles. The predicted octanol–water partition coefficient (Wildman–Crippen LogP) is 4.94. The molecule has 0 bridgehead atoms. The Morgan fingerprint density at radius 1 is 0.577 bits per heavy atom. The van der Waals surface area contributed by atoms with E-state index in [0.29, 0.717) is 12.5 Å². The van der Waals surface area contributed by atoms with E-state index in [4.69, 9.17) is 4.98 Å². The molecule has 4 heteroatoms. The number of nitrogens with one attached hydrogen (secondary N) is 1. The molecule has 4 aromatic carbocycles. The molecule has 5 rings (SSSR count). The second kappa shape index (κ2) is 6.08. The maximum Gasteiger partial charge on any atom is 0.243 e.